The van der Waals surface area contributed by atoms with E-state index in [0.29, 0.717) is 13.0 Å². The minimum atomic E-state index is -1.08. The molecule has 4 rings (SSSR count). The number of nitrogens with two attached hydrogens (primary N) is 1. The Kier molecular flexibility index (Phi) is 5.84. The summed E-state index contributed by atoms with van der Waals surface area (Å²) in [4.78, 5) is 12.0. The Hall–Kier alpha value is -3.15. The first-order chi connectivity index (χ1) is 14.6. The lowest BCUT2D eigenvalue weighted by Gasteiger charge is -2.38. The highest BCUT2D eigenvalue weighted by atomic mass is 16.5. The molecular formula is C25H26N2O3. The van der Waals surface area contributed by atoms with Crippen molar-refractivity contribution in [1.29, 1.82) is 0 Å². The van der Waals surface area contributed by atoms with E-state index < -0.39 is 17.7 Å². The molecule has 0 saturated carbocycles. The Morgan fingerprint density at radius 1 is 1.03 bits per heavy atom. The van der Waals surface area contributed by atoms with Gasteiger partial charge >= 0.3 is 5.97 Å². The maximum atomic E-state index is 12.0. The summed E-state index contributed by atoms with van der Waals surface area (Å²) in [5.74, 6) is -0.152. The maximum absolute atomic E-state index is 12.0. The third-order valence-electron chi connectivity index (χ3n) is 5.51. The standard InChI is InChI=1S/C25H26N2O3/c26-17-7-6-12-22(24(28)29)27-25(20-9-2-1-3-10-20)16-15-19-14-13-18-8-4-5-11-21(18)23(19)30-25/h1-5,8-11,13-16,22,27H,6-7,12,17,26H2,(H,28,29)/t22-,25?/m0/s1. The molecule has 5 nitrogen and oxygen atoms in total. The van der Waals surface area contributed by atoms with E-state index in [-0.39, 0.29) is 0 Å². The number of hydrogen-bond acceptors (Lipinski definition) is 4. The van der Waals surface area contributed by atoms with Gasteiger partial charge in [0.2, 0.25) is 5.72 Å². The topological polar surface area (TPSA) is 84.6 Å². The molecule has 30 heavy (non-hydrogen) atoms. The van der Waals surface area contributed by atoms with Crippen LogP contribution < -0.4 is 15.8 Å². The van der Waals surface area contributed by atoms with Gasteiger partial charge in [-0.05, 0) is 36.9 Å². The van der Waals surface area contributed by atoms with E-state index >= 15 is 0 Å². The second-order valence-electron chi connectivity index (χ2n) is 7.56. The van der Waals surface area contributed by atoms with E-state index in [4.69, 9.17) is 10.5 Å². The molecule has 0 amide bonds. The number of nitrogens with one attached hydrogen (secondary N) is 1. The lowest BCUT2D eigenvalue weighted by atomic mass is 9.94. The Labute approximate surface area is 176 Å². The summed E-state index contributed by atoms with van der Waals surface area (Å²) in [5.41, 5.74) is 6.34. The maximum Gasteiger partial charge on any atom is 0.320 e. The van der Waals surface area contributed by atoms with Crippen molar-refractivity contribution in [3.8, 4) is 5.75 Å². The second-order valence-corrected chi connectivity index (χ2v) is 7.56. The number of hydrogen-bond donors (Lipinski definition) is 3. The van der Waals surface area contributed by atoms with Gasteiger partial charge in [-0.3, -0.25) is 10.1 Å². The summed E-state index contributed by atoms with van der Waals surface area (Å²) in [6.07, 6.45) is 5.91. The van der Waals surface area contributed by atoms with E-state index in [0.717, 1.165) is 40.5 Å². The lowest BCUT2D eigenvalue weighted by Crippen LogP contribution is -2.54. The average molecular weight is 402 g/mol. The highest BCUT2D eigenvalue weighted by Gasteiger charge is 2.39. The fraction of sp³-hybridized carbons (Fsp3) is 0.240. The number of unbranched alkanes of at least 4 members (excludes halogenated alkanes) is 1. The molecule has 2 atom stereocenters. The smallest absolute Gasteiger partial charge is 0.320 e. The molecule has 0 aliphatic carbocycles. The average Bonchev–Trinajstić information content (AvgIpc) is 2.79. The number of carboxylic acids is 1. The van der Waals surface area contributed by atoms with Crippen LogP contribution in [0.5, 0.6) is 5.75 Å². The highest BCUT2D eigenvalue weighted by molar-refractivity contribution is 5.92. The molecule has 1 aliphatic rings. The zero-order valence-corrected chi connectivity index (χ0v) is 16.8. The van der Waals surface area contributed by atoms with Crippen LogP contribution >= 0.6 is 0 Å². The zero-order chi connectivity index (χ0) is 21.0. The Morgan fingerprint density at radius 3 is 2.57 bits per heavy atom. The van der Waals surface area contributed by atoms with Crippen molar-refractivity contribution in [3.63, 3.8) is 0 Å². The van der Waals surface area contributed by atoms with Gasteiger partial charge in [0.25, 0.3) is 0 Å². The first-order valence-electron chi connectivity index (χ1n) is 10.3. The van der Waals surface area contributed by atoms with Crippen LogP contribution in [0.2, 0.25) is 0 Å². The SMILES string of the molecule is NCCCC[C@H](NC1(c2ccccc2)C=Cc2ccc3ccccc3c2O1)C(=O)O. The highest BCUT2D eigenvalue weighted by Crippen LogP contribution is 2.40. The molecule has 5 heteroatoms. The van der Waals surface area contributed by atoms with Crippen LogP contribution in [-0.2, 0) is 10.5 Å². The van der Waals surface area contributed by atoms with Crippen molar-refractivity contribution in [2.75, 3.05) is 6.54 Å². The molecule has 0 bridgehead atoms. The molecule has 3 aromatic carbocycles. The summed E-state index contributed by atoms with van der Waals surface area (Å²) in [6.45, 7) is 0.548. The molecular weight excluding hydrogens is 376 g/mol. The van der Waals surface area contributed by atoms with Crippen molar-refractivity contribution in [2.45, 2.75) is 31.0 Å². The first-order valence-corrected chi connectivity index (χ1v) is 10.3. The Morgan fingerprint density at radius 2 is 1.80 bits per heavy atom. The van der Waals surface area contributed by atoms with Gasteiger partial charge < -0.3 is 15.6 Å². The predicted molar refractivity (Wildman–Crippen MR) is 119 cm³/mol. The van der Waals surface area contributed by atoms with Gasteiger partial charge in [-0.2, -0.15) is 0 Å². The molecule has 0 saturated heterocycles. The number of carbonyl (C=O) groups is 1. The fourth-order valence-corrected chi connectivity index (χ4v) is 3.92. The van der Waals surface area contributed by atoms with Crippen molar-refractivity contribution in [1.82, 2.24) is 5.32 Å². The monoisotopic (exact) mass is 402 g/mol. The molecule has 1 aliphatic heterocycles. The van der Waals surface area contributed by atoms with Crippen LogP contribution in [0.25, 0.3) is 16.8 Å². The van der Waals surface area contributed by atoms with Crippen LogP contribution in [-0.4, -0.2) is 23.7 Å². The molecule has 0 fully saturated rings. The summed E-state index contributed by atoms with van der Waals surface area (Å²) in [6, 6.07) is 21.1. The predicted octanol–water partition coefficient (Wildman–Crippen LogP) is 4.27. The van der Waals surface area contributed by atoms with E-state index in [1.54, 1.807) is 0 Å². The zero-order valence-electron chi connectivity index (χ0n) is 16.8. The Bertz CT molecular complexity index is 1060. The third kappa shape index (κ3) is 3.95. The van der Waals surface area contributed by atoms with Gasteiger partial charge in [0.15, 0.2) is 0 Å². The first kappa shape index (κ1) is 20.1. The lowest BCUT2D eigenvalue weighted by molar-refractivity contribution is -0.141. The van der Waals surface area contributed by atoms with Crippen LogP contribution in [0.1, 0.15) is 30.4 Å². The Balaban J connectivity index is 1.77. The van der Waals surface area contributed by atoms with Crippen LogP contribution in [0.15, 0.2) is 72.8 Å². The molecule has 1 heterocycles. The van der Waals surface area contributed by atoms with Crippen LogP contribution in [0, 0.1) is 0 Å². The van der Waals surface area contributed by atoms with E-state index in [1.165, 1.54) is 0 Å². The van der Waals surface area contributed by atoms with Gasteiger partial charge in [-0.15, -0.1) is 0 Å². The van der Waals surface area contributed by atoms with Crippen molar-refractivity contribution in [3.05, 3.63) is 83.9 Å². The molecule has 4 N–H and O–H groups in total. The molecule has 154 valence electrons. The van der Waals surface area contributed by atoms with E-state index in [1.807, 2.05) is 72.8 Å². The summed E-state index contributed by atoms with van der Waals surface area (Å²) >= 11 is 0. The normalized spacial score (nSPS) is 18.6. The van der Waals surface area contributed by atoms with E-state index in [2.05, 4.69) is 11.4 Å². The second kappa shape index (κ2) is 8.69. The molecule has 0 aromatic heterocycles. The number of carboxylic acid groups (broad SMARTS) is 1. The third-order valence-corrected chi connectivity index (χ3v) is 5.51. The molecule has 1 unspecified atom stereocenters. The van der Waals surface area contributed by atoms with Gasteiger partial charge in [0.05, 0.1) is 0 Å². The van der Waals surface area contributed by atoms with E-state index in [9.17, 15) is 9.90 Å². The summed E-state index contributed by atoms with van der Waals surface area (Å²) < 4.78 is 6.62. The molecule has 3 aromatic rings. The minimum absolute atomic E-state index is 0.473. The van der Waals surface area contributed by atoms with Crippen LogP contribution in [0.4, 0.5) is 0 Å². The molecule has 0 radical (unpaired) electrons. The quantitative estimate of drug-likeness (QED) is 0.490. The number of ether oxygens (including phenoxy) is 1. The summed E-state index contributed by atoms with van der Waals surface area (Å²) in [7, 11) is 0. The van der Waals surface area contributed by atoms with Gasteiger partial charge in [0.1, 0.15) is 11.8 Å². The van der Waals surface area contributed by atoms with Gasteiger partial charge in [-0.1, -0.05) is 73.2 Å². The van der Waals surface area contributed by atoms with Crippen molar-refractivity contribution >= 4 is 22.8 Å². The van der Waals surface area contributed by atoms with Crippen molar-refractivity contribution in [2.24, 2.45) is 5.73 Å². The summed E-state index contributed by atoms with van der Waals surface area (Å²) in [5, 5.41) is 15.2. The number of fused-ring (bicyclic) bond motifs is 3. The molecule has 0 spiro atoms. The van der Waals surface area contributed by atoms with Gasteiger partial charge in [0, 0.05) is 16.5 Å². The van der Waals surface area contributed by atoms with Crippen molar-refractivity contribution < 1.29 is 14.6 Å². The van der Waals surface area contributed by atoms with Gasteiger partial charge in [-0.25, -0.2) is 0 Å². The largest absolute Gasteiger partial charge is 0.480 e. The van der Waals surface area contributed by atoms with Crippen LogP contribution in [0.3, 0.4) is 0 Å². The number of benzene rings is 3. The number of rotatable bonds is 8. The minimum Gasteiger partial charge on any atom is -0.480 e. The number of aliphatic carboxylic acids is 1. The fourth-order valence-electron chi connectivity index (χ4n) is 3.92.